The molecule has 3 rings (SSSR count). The van der Waals surface area contributed by atoms with Crippen molar-refractivity contribution in [3.8, 4) is 5.75 Å². The van der Waals surface area contributed by atoms with Gasteiger partial charge in [-0.2, -0.15) is 0 Å². The number of benzene rings is 1. The fraction of sp³-hybridized carbons (Fsp3) is 0.316. The van der Waals surface area contributed by atoms with Crippen molar-refractivity contribution >= 4 is 5.78 Å². The largest absolute Gasteiger partial charge is 0.507 e. The fourth-order valence-corrected chi connectivity index (χ4v) is 3.60. The smallest absolute Gasteiger partial charge is 0.170 e. The summed E-state index contributed by atoms with van der Waals surface area (Å²) in [5.41, 5.74) is 2.37. The number of allylic oxidation sites excluding steroid dienone is 1. The number of phenols is 1. The van der Waals surface area contributed by atoms with Crippen molar-refractivity contribution in [2.45, 2.75) is 26.2 Å². The fourth-order valence-electron chi connectivity index (χ4n) is 3.60. The summed E-state index contributed by atoms with van der Waals surface area (Å²) in [6.45, 7) is 8.25. The summed E-state index contributed by atoms with van der Waals surface area (Å²) in [5.74, 6) is -0.0890. The highest BCUT2D eigenvalue weighted by molar-refractivity contribution is 6.01. The minimum atomic E-state index is -0.160. The predicted octanol–water partition coefficient (Wildman–Crippen LogP) is 4.55. The number of phenolic OH excluding ortho intramolecular Hbond substituents is 1. The Morgan fingerprint density at radius 2 is 2.09 bits per heavy atom. The number of carbonyl (C=O) groups is 1. The third kappa shape index (κ3) is 2.08. The van der Waals surface area contributed by atoms with Crippen LogP contribution in [0.1, 0.15) is 42.1 Å². The van der Waals surface area contributed by atoms with Crippen LogP contribution in [0, 0.1) is 11.3 Å². The first-order valence-corrected chi connectivity index (χ1v) is 7.45. The minimum absolute atomic E-state index is 0.0111. The molecule has 114 valence electrons. The molecule has 1 fully saturated rings. The molecule has 1 N–H and O–H groups in total. The monoisotopic (exact) mass is 296 g/mol. The van der Waals surface area contributed by atoms with Gasteiger partial charge >= 0.3 is 0 Å². The van der Waals surface area contributed by atoms with E-state index in [4.69, 9.17) is 4.42 Å². The lowest BCUT2D eigenvalue weighted by molar-refractivity contribution is 0.0476. The molecular weight excluding hydrogens is 276 g/mol. The van der Waals surface area contributed by atoms with Crippen molar-refractivity contribution in [1.82, 2.24) is 0 Å². The quantitative estimate of drug-likeness (QED) is 0.665. The molecule has 0 radical (unpaired) electrons. The Labute approximate surface area is 130 Å². The zero-order valence-corrected chi connectivity index (χ0v) is 12.9. The van der Waals surface area contributed by atoms with Crippen LogP contribution in [0.4, 0.5) is 0 Å². The first kappa shape index (κ1) is 14.6. The standard InChI is InChI=1S/C19H20O3/c1-12(2)19(3)10-15(17(19)13-8-9-22-11-13)18(21)14-6-4-5-7-16(14)20/h4-9,11,15,17,20H,1,10H2,2-3H3/t15-,17+,19-/m1/s1. The highest BCUT2D eigenvalue weighted by Gasteiger charge is 2.55. The van der Waals surface area contributed by atoms with Crippen LogP contribution in [-0.2, 0) is 0 Å². The average Bonchev–Trinajstić information content (AvgIpc) is 2.97. The normalized spacial score (nSPS) is 27.2. The zero-order chi connectivity index (χ0) is 15.9. The Balaban J connectivity index is 1.97. The van der Waals surface area contributed by atoms with Crippen molar-refractivity contribution in [1.29, 1.82) is 0 Å². The number of rotatable bonds is 4. The van der Waals surface area contributed by atoms with Crippen molar-refractivity contribution < 1.29 is 14.3 Å². The molecule has 0 aliphatic heterocycles. The van der Waals surface area contributed by atoms with Gasteiger partial charge in [0.2, 0.25) is 0 Å². The van der Waals surface area contributed by atoms with Gasteiger partial charge in [-0.15, -0.1) is 0 Å². The molecule has 1 aromatic carbocycles. The van der Waals surface area contributed by atoms with E-state index >= 15 is 0 Å². The number of furan rings is 1. The van der Waals surface area contributed by atoms with E-state index in [1.165, 1.54) is 0 Å². The number of para-hydroxylation sites is 1. The second-order valence-electron chi connectivity index (χ2n) is 6.42. The van der Waals surface area contributed by atoms with Gasteiger partial charge in [0.15, 0.2) is 5.78 Å². The lowest BCUT2D eigenvalue weighted by Crippen LogP contribution is -2.48. The van der Waals surface area contributed by atoms with Crippen LogP contribution in [0.2, 0.25) is 0 Å². The summed E-state index contributed by atoms with van der Waals surface area (Å²) in [7, 11) is 0. The summed E-state index contributed by atoms with van der Waals surface area (Å²) >= 11 is 0. The third-order valence-electron chi connectivity index (χ3n) is 5.12. The van der Waals surface area contributed by atoms with Crippen molar-refractivity contribution in [2.24, 2.45) is 11.3 Å². The van der Waals surface area contributed by atoms with Gasteiger partial charge in [-0.3, -0.25) is 4.79 Å². The summed E-state index contributed by atoms with van der Waals surface area (Å²) in [5, 5.41) is 9.95. The van der Waals surface area contributed by atoms with E-state index in [1.54, 1.807) is 36.8 Å². The highest BCUT2D eigenvalue weighted by Crippen LogP contribution is 2.61. The maximum Gasteiger partial charge on any atom is 0.170 e. The Kier molecular flexibility index (Phi) is 3.44. The second-order valence-corrected chi connectivity index (χ2v) is 6.42. The summed E-state index contributed by atoms with van der Waals surface area (Å²) in [4.78, 5) is 12.8. The van der Waals surface area contributed by atoms with E-state index in [0.29, 0.717) is 5.56 Å². The van der Waals surface area contributed by atoms with E-state index in [-0.39, 0.29) is 28.8 Å². The Morgan fingerprint density at radius 3 is 2.68 bits per heavy atom. The van der Waals surface area contributed by atoms with Crippen molar-refractivity contribution in [3.05, 3.63) is 66.1 Å². The molecular formula is C19H20O3. The minimum Gasteiger partial charge on any atom is -0.507 e. The van der Waals surface area contributed by atoms with E-state index in [1.807, 2.05) is 13.0 Å². The number of Topliss-reactive ketones (excluding diaryl/α,β-unsaturated/α-hetero) is 1. The van der Waals surface area contributed by atoms with Crippen LogP contribution in [0.3, 0.4) is 0 Å². The summed E-state index contributed by atoms with van der Waals surface area (Å²) in [6.07, 6.45) is 4.08. The van der Waals surface area contributed by atoms with Gasteiger partial charge < -0.3 is 9.52 Å². The van der Waals surface area contributed by atoms with Crippen LogP contribution in [0.5, 0.6) is 5.75 Å². The van der Waals surface area contributed by atoms with Gasteiger partial charge in [-0.1, -0.05) is 31.2 Å². The first-order valence-electron chi connectivity index (χ1n) is 7.45. The van der Waals surface area contributed by atoms with Crippen molar-refractivity contribution in [2.75, 3.05) is 0 Å². The van der Waals surface area contributed by atoms with Crippen LogP contribution in [0.15, 0.2) is 59.4 Å². The molecule has 0 unspecified atom stereocenters. The highest BCUT2D eigenvalue weighted by atomic mass is 16.3. The van der Waals surface area contributed by atoms with Gasteiger partial charge in [0.1, 0.15) is 5.75 Å². The predicted molar refractivity (Wildman–Crippen MR) is 84.9 cm³/mol. The van der Waals surface area contributed by atoms with E-state index in [0.717, 1.165) is 17.6 Å². The number of hydrogen-bond acceptors (Lipinski definition) is 3. The molecule has 1 aliphatic carbocycles. The van der Waals surface area contributed by atoms with Gasteiger partial charge in [0.25, 0.3) is 0 Å². The maximum absolute atomic E-state index is 12.8. The Bertz CT molecular complexity index is 714. The lowest BCUT2D eigenvalue weighted by Gasteiger charge is -2.53. The molecule has 0 bridgehead atoms. The molecule has 0 saturated heterocycles. The van der Waals surface area contributed by atoms with E-state index in [9.17, 15) is 9.90 Å². The molecule has 1 heterocycles. The number of hydrogen-bond donors (Lipinski definition) is 1. The van der Waals surface area contributed by atoms with Crippen LogP contribution < -0.4 is 0 Å². The summed E-state index contributed by atoms with van der Waals surface area (Å²) in [6, 6.07) is 8.64. The molecule has 2 aromatic rings. The molecule has 0 amide bonds. The molecule has 22 heavy (non-hydrogen) atoms. The first-order chi connectivity index (χ1) is 10.4. The number of ketones is 1. The van der Waals surface area contributed by atoms with E-state index in [2.05, 4.69) is 13.5 Å². The molecule has 0 spiro atoms. The molecule has 3 nitrogen and oxygen atoms in total. The van der Waals surface area contributed by atoms with Gasteiger partial charge in [-0.05, 0) is 42.5 Å². The topological polar surface area (TPSA) is 50.4 Å². The Morgan fingerprint density at radius 1 is 1.36 bits per heavy atom. The van der Waals surface area contributed by atoms with Crippen LogP contribution in [0.25, 0.3) is 0 Å². The molecule has 3 atom stereocenters. The second kappa shape index (κ2) is 5.16. The average molecular weight is 296 g/mol. The van der Waals surface area contributed by atoms with Crippen LogP contribution in [-0.4, -0.2) is 10.9 Å². The third-order valence-corrected chi connectivity index (χ3v) is 5.12. The lowest BCUT2D eigenvalue weighted by atomic mass is 9.49. The van der Waals surface area contributed by atoms with E-state index < -0.39 is 0 Å². The molecule has 1 saturated carbocycles. The van der Waals surface area contributed by atoms with Crippen LogP contribution >= 0.6 is 0 Å². The Hall–Kier alpha value is -2.29. The SMILES string of the molecule is C=C(C)[C@@]1(C)C[C@@H](C(=O)c2ccccc2O)[C@@H]1c1ccoc1. The van der Waals surface area contributed by atoms with Gasteiger partial charge in [0, 0.05) is 11.8 Å². The number of aromatic hydroxyl groups is 1. The molecule has 1 aliphatic rings. The van der Waals surface area contributed by atoms with Crippen molar-refractivity contribution in [3.63, 3.8) is 0 Å². The zero-order valence-electron chi connectivity index (χ0n) is 12.9. The number of carbonyl (C=O) groups excluding carboxylic acids is 1. The summed E-state index contributed by atoms with van der Waals surface area (Å²) < 4.78 is 5.21. The maximum atomic E-state index is 12.8. The molecule has 3 heteroatoms. The van der Waals surface area contributed by atoms with Gasteiger partial charge in [-0.25, -0.2) is 0 Å². The molecule has 1 aromatic heterocycles. The van der Waals surface area contributed by atoms with Gasteiger partial charge in [0.05, 0.1) is 18.1 Å².